The first-order chi connectivity index (χ1) is 13.1. The van der Waals surface area contributed by atoms with Crippen LogP contribution in [0.5, 0.6) is 0 Å². The first-order valence-corrected chi connectivity index (χ1v) is 9.96. The Kier molecular flexibility index (Phi) is 7.04. The minimum Gasteiger partial charge on any atom is -0.455 e. The van der Waals surface area contributed by atoms with Gasteiger partial charge in [0.05, 0.1) is 12.0 Å². The van der Waals surface area contributed by atoms with E-state index in [1.165, 1.54) is 7.11 Å². The summed E-state index contributed by atoms with van der Waals surface area (Å²) < 4.78 is 16.3. The molecule has 1 saturated carbocycles. The van der Waals surface area contributed by atoms with Gasteiger partial charge in [0, 0.05) is 25.0 Å². The van der Waals surface area contributed by atoms with Gasteiger partial charge in [0.15, 0.2) is 17.5 Å². The fraction of sp³-hybridized carbons (Fsp3) is 0.762. The van der Waals surface area contributed by atoms with Crippen LogP contribution in [0.1, 0.15) is 53.4 Å². The van der Waals surface area contributed by atoms with Crippen LogP contribution in [0.2, 0.25) is 0 Å². The van der Waals surface area contributed by atoms with E-state index in [1.807, 2.05) is 6.92 Å². The maximum absolute atomic E-state index is 13.2. The Bertz CT molecular complexity index is 643. The summed E-state index contributed by atoms with van der Waals surface area (Å²) in [6, 6.07) is 0. The lowest BCUT2D eigenvalue weighted by atomic mass is 9.76. The van der Waals surface area contributed by atoms with Crippen LogP contribution in [0.15, 0.2) is 12.2 Å². The second-order valence-electron chi connectivity index (χ2n) is 8.15. The van der Waals surface area contributed by atoms with Crippen molar-refractivity contribution < 1.29 is 33.7 Å². The zero-order valence-electron chi connectivity index (χ0n) is 17.4. The van der Waals surface area contributed by atoms with Crippen molar-refractivity contribution in [2.45, 2.75) is 77.3 Å². The van der Waals surface area contributed by atoms with Gasteiger partial charge in [-0.1, -0.05) is 27.4 Å². The summed E-state index contributed by atoms with van der Waals surface area (Å²) in [6.07, 6.45) is -1.12. The second-order valence-corrected chi connectivity index (χ2v) is 8.15. The van der Waals surface area contributed by atoms with Gasteiger partial charge in [-0.15, -0.1) is 0 Å². The van der Waals surface area contributed by atoms with Crippen LogP contribution >= 0.6 is 0 Å². The van der Waals surface area contributed by atoms with Crippen LogP contribution < -0.4 is 0 Å². The van der Waals surface area contributed by atoms with Gasteiger partial charge in [-0.05, 0) is 32.1 Å². The summed E-state index contributed by atoms with van der Waals surface area (Å²) in [4.78, 5) is 37.8. The van der Waals surface area contributed by atoms with E-state index in [0.29, 0.717) is 24.8 Å². The highest BCUT2D eigenvalue weighted by Crippen LogP contribution is 2.45. The Morgan fingerprint density at radius 1 is 1.36 bits per heavy atom. The molecule has 0 aromatic heterocycles. The van der Waals surface area contributed by atoms with Crippen molar-refractivity contribution in [3.8, 4) is 0 Å². The highest BCUT2D eigenvalue weighted by molar-refractivity contribution is 5.92. The molecule has 28 heavy (non-hydrogen) atoms. The molecule has 1 aliphatic carbocycles. The highest BCUT2D eigenvalue weighted by Gasteiger charge is 2.60. The number of hydrogen-bond donors (Lipinski definition) is 1. The largest absolute Gasteiger partial charge is 0.455 e. The van der Waals surface area contributed by atoms with Crippen LogP contribution in [0, 0.1) is 17.8 Å². The van der Waals surface area contributed by atoms with Crippen molar-refractivity contribution in [2.24, 2.45) is 17.8 Å². The molecule has 7 nitrogen and oxygen atoms in total. The molecule has 7 heteroatoms. The molecule has 2 aliphatic rings. The van der Waals surface area contributed by atoms with E-state index in [2.05, 4.69) is 6.58 Å². The molecule has 0 radical (unpaired) electrons. The molecule has 0 bridgehead atoms. The molecule has 0 spiro atoms. The Labute approximate surface area is 166 Å². The lowest BCUT2D eigenvalue weighted by Gasteiger charge is -2.40. The number of aliphatic hydroxyl groups is 1. The maximum Gasteiger partial charge on any atom is 0.334 e. The van der Waals surface area contributed by atoms with Crippen LogP contribution in [0.3, 0.4) is 0 Å². The maximum atomic E-state index is 13.2. The molecule has 2 rings (SSSR count). The molecule has 0 aromatic rings. The summed E-state index contributed by atoms with van der Waals surface area (Å²) >= 11 is 0. The van der Waals surface area contributed by atoms with Crippen LogP contribution in [-0.4, -0.2) is 53.9 Å². The van der Waals surface area contributed by atoms with Gasteiger partial charge in [0.25, 0.3) is 0 Å². The molecule has 0 amide bonds. The molecular weight excluding hydrogens is 364 g/mol. The van der Waals surface area contributed by atoms with Gasteiger partial charge < -0.3 is 19.3 Å². The highest BCUT2D eigenvalue weighted by atomic mass is 16.6. The second kappa shape index (κ2) is 8.74. The molecule has 158 valence electrons. The lowest BCUT2D eigenvalue weighted by molar-refractivity contribution is -0.199. The van der Waals surface area contributed by atoms with Crippen molar-refractivity contribution in [2.75, 3.05) is 7.11 Å². The van der Waals surface area contributed by atoms with Crippen molar-refractivity contribution in [1.82, 2.24) is 0 Å². The molecule has 7 atom stereocenters. The van der Waals surface area contributed by atoms with Crippen LogP contribution in [-0.2, 0) is 28.6 Å². The number of methoxy groups -OCH3 is 1. The molecule has 1 aliphatic heterocycles. The predicted octanol–water partition coefficient (Wildman–Crippen LogP) is 2.20. The van der Waals surface area contributed by atoms with Gasteiger partial charge in [-0.2, -0.15) is 0 Å². The lowest BCUT2D eigenvalue weighted by Crippen LogP contribution is -2.60. The normalized spacial score (nSPS) is 34.8. The quantitative estimate of drug-likeness (QED) is 0.520. The fourth-order valence-corrected chi connectivity index (χ4v) is 3.93. The van der Waals surface area contributed by atoms with Crippen molar-refractivity contribution in [1.29, 1.82) is 0 Å². The summed E-state index contributed by atoms with van der Waals surface area (Å²) in [5, 5.41) is 11.6. The monoisotopic (exact) mass is 396 g/mol. The van der Waals surface area contributed by atoms with E-state index in [4.69, 9.17) is 14.2 Å². The third kappa shape index (κ3) is 4.01. The minimum atomic E-state index is -1.97. The summed E-state index contributed by atoms with van der Waals surface area (Å²) in [5.41, 5.74) is -1.68. The number of fused-ring (bicyclic) bond motifs is 1. The Morgan fingerprint density at radius 3 is 2.57 bits per heavy atom. The summed E-state index contributed by atoms with van der Waals surface area (Å²) in [6.45, 7) is 10.8. The van der Waals surface area contributed by atoms with Crippen molar-refractivity contribution in [3.05, 3.63) is 12.2 Å². The fourth-order valence-electron chi connectivity index (χ4n) is 3.93. The topological polar surface area (TPSA) is 99.1 Å². The van der Waals surface area contributed by atoms with Crippen LogP contribution in [0.25, 0.3) is 0 Å². The molecule has 1 N–H and O–H groups in total. The zero-order chi connectivity index (χ0) is 21.2. The third-order valence-electron chi connectivity index (χ3n) is 6.32. The van der Waals surface area contributed by atoms with Gasteiger partial charge in [0.2, 0.25) is 0 Å². The number of ketones is 1. The van der Waals surface area contributed by atoms with Crippen molar-refractivity contribution >= 4 is 17.7 Å². The number of esters is 2. The molecule has 1 saturated heterocycles. The van der Waals surface area contributed by atoms with Gasteiger partial charge >= 0.3 is 11.9 Å². The average Bonchev–Trinajstić information content (AvgIpc) is 2.90. The number of Topliss-reactive ketones (excluding diaryl/α,β-unsaturated/α-hetero) is 1. The van der Waals surface area contributed by atoms with E-state index in [0.717, 1.165) is 0 Å². The number of ether oxygens (including phenoxy) is 3. The molecule has 1 heterocycles. The third-order valence-corrected chi connectivity index (χ3v) is 6.32. The van der Waals surface area contributed by atoms with Crippen molar-refractivity contribution in [3.63, 3.8) is 0 Å². The Morgan fingerprint density at radius 2 is 2.00 bits per heavy atom. The standard InChI is InChI=1S/C21H32O7/c1-7-11(2)19(23)28-18-17-15(14(5)20(24)27-17)9-8-12(3)21(18,25)16(22)10-13(4)26-6/h11-13,15,17-18,25H,5,7-10H2,1-4,6H3/t11-,12-,13+,15-,17+,18-,21+/m0/s1. The first-order valence-electron chi connectivity index (χ1n) is 9.96. The summed E-state index contributed by atoms with van der Waals surface area (Å²) in [7, 11) is 1.48. The predicted molar refractivity (Wildman–Crippen MR) is 101 cm³/mol. The number of rotatable bonds is 7. The Balaban J connectivity index is 2.47. The smallest absolute Gasteiger partial charge is 0.334 e. The van der Waals surface area contributed by atoms with E-state index in [-0.39, 0.29) is 6.42 Å². The van der Waals surface area contributed by atoms with E-state index in [1.54, 1.807) is 20.8 Å². The molecule has 2 fully saturated rings. The van der Waals surface area contributed by atoms with Crippen LogP contribution in [0.4, 0.5) is 0 Å². The SMILES string of the molecule is C=C1C(=O)O[C@@H]2[C@H]1CC[C@H](C)[C@@](O)(C(=O)C[C@@H](C)OC)[C@H]2OC(=O)[C@@H](C)CC. The van der Waals surface area contributed by atoms with E-state index in [9.17, 15) is 19.5 Å². The number of carbonyl (C=O) groups is 3. The average molecular weight is 396 g/mol. The van der Waals surface area contributed by atoms with Gasteiger partial charge in [-0.25, -0.2) is 4.79 Å². The Hall–Kier alpha value is -1.73. The molecular formula is C21H32O7. The molecule has 0 aromatic carbocycles. The van der Waals surface area contributed by atoms with Gasteiger partial charge in [-0.3, -0.25) is 9.59 Å². The van der Waals surface area contributed by atoms with Gasteiger partial charge in [0.1, 0.15) is 6.10 Å². The van der Waals surface area contributed by atoms with E-state index >= 15 is 0 Å². The van der Waals surface area contributed by atoms with E-state index < -0.39 is 59.4 Å². The molecule has 0 unspecified atom stereocenters. The number of carbonyl (C=O) groups excluding carboxylic acids is 3. The summed E-state index contributed by atoms with van der Waals surface area (Å²) in [5.74, 6) is -2.88. The first kappa shape index (κ1) is 22.6. The number of hydrogen-bond acceptors (Lipinski definition) is 7. The zero-order valence-corrected chi connectivity index (χ0v) is 17.4. The minimum absolute atomic E-state index is 0.0407.